The molecule has 4 aromatic rings. The van der Waals surface area contributed by atoms with E-state index in [1.807, 2.05) is 36.4 Å². The average molecular weight is 525 g/mol. The smallest absolute Gasteiger partial charge is 0.347 e. The number of amides is 1. The monoisotopic (exact) mass is 524 g/mol. The second-order valence-electron chi connectivity index (χ2n) is 8.99. The maximum atomic E-state index is 13.1. The Labute approximate surface area is 217 Å². The van der Waals surface area contributed by atoms with Crippen molar-refractivity contribution in [3.8, 4) is 11.1 Å². The molecule has 1 aliphatic heterocycles. The van der Waals surface area contributed by atoms with Gasteiger partial charge in [-0.2, -0.15) is 13.2 Å². The first-order valence-electron chi connectivity index (χ1n) is 11.8. The molecule has 0 saturated carbocycles. The molecule has 1 atom stereocenters. The summed E-state index contributed by atoms with van der Waals surface area (Å²) >= 11 is 6.12. The summed E-state index contributed by atoms with van der Waals surface area (Å²) in [5, 5.41) is 0.586. The number of hydrogen-bond donors (Lipinski definition) is 1. The van der Waals surface area contributed by atoms with Gasteiger partial charge in [-0.3, -0.25) is 9.69 Å². The van der Waals surface area contributed by atoms with Gasteiger partial charge in [0.1, 0.15) is 0 Å². The SMILES string of the molecule is O=C1CN(C(Cc2ccc(-c3ccc(C(F)(F)F)cc3)cc2)c2cnc[nH]2)CCN1c1cccc(Cl)c1. The Bertz CT molecular complexity index is 1360. The van der Waals surface area contributed by atoms with Crippen LogP contribution in [-0.4, -0.2) is 40.4 Å². The lowest BCUT2D eigenvalue weighted by Gasteiger charge is -2.38. The quantitative estimate of drug-likeness (QED) is 0.318. The van der Waals surface area contributed by atoms with Crippen LogP contribution in [0.5, 0.6) is 0 Å². The van der Waals surface area contributed by atoms with E-state index < -0.39 is 11.7 Å². The van der Waals surface area contributed by atoms with E-state index in [-0.39, 0.29) is 18.5 Å². The Balaban J connectivity index is 1.31. The van der Waals surface area contributed by atoms with Gasteiger partial charge in [-0.1, -0.05) is 54.1 Å². The van der Waals surface area contributed by atoms with E-state index in [0.29, 0.717) is 30.1 Å². The molecule has 9 heteroatoms. The zero-order valence-corrected chi connectivity index (χ0v) is 20.5. The minimum atomic E-state index is -4.36. The summed E-state index contributed by atoms with van der Waals surface area (Å²) in [7, 11) is 0. The molecule has 0 radical (unpaired) electrons. The summed E-state index contributed by atoms with van der Waals surface area (Å²) < 4.78 is 38.6. The van der Waals surface area contributed by atoms with Crippen LogP contribution in [0.25, 0.3) is 11.1 Å². The van der Waals surface area contributed by atoms with Crippen molar-refractivity contribution in [1.82, 2.24) is 14.9 Å². The number of nitrogens with zero attached hydrogens (tertiary/aromatic N) is 3. The van der Waals surface area contributed by atoms with E-state index >= 15 is 0 Å². The predicted molar refractivity (Wildman–Crippen MR) is 137 cm³/mol. The number of piperazine rings is 1. The fourth-order valence-corrected chi connectivity index (χ4v) is 4.85. The van der Waals surface area contributed by atoms with Crippen LogP contribution in [0.3, 0.4) is 0 Å². The van der Waals surface area contributed by atoms with Crippen molar-refractivity contribution in [3.63, 3.8) is 0 Å². The number of aromatic nitrogens is 2. The number of anilines is 1. The molecule has 0 bridgehead atoms. The molecule has 1 aromatic heterocycles. The average Bonchev–Trinajstić information content (AvgIpc) is 3.42. The van der Waals surface area contributed by atoms with Gasteiger partial charge in [0, 0.05) is 30.0 Å². The van der Waals surface area contributed by atoms with E-state index in [0.717, 1.165) is 34.6 Å². The van der Waals surface area contributed by atoms with Gasteiger partial charge in [0.2, 0.25) is 5.91 Å². The number of benzene rings is 3. The van der Waals surface area contributed by atoms with Crippen LogP contribution in [0.2, 0.25) is 5.02 Å². The minimum Gasteiger partial charge on any atom is -0.347 e. The van der Waals surface area contributed by atoms with Crippen LogP contribution in [0.4, 0.5) is 18.9 Å². The van der Waals surface area contributed by atoms with Crippen molar-refractivity contribution in [2.75, 3.05) is 24.5 Å². The van der Waals surface area contributed by atoms with Gasteiger partial charge in [0.25, 0.3) is 0 Å². The number of imidazole rings is 1. The largest absolute Gasteiger partial charge is 0.416 e. The lowest BCUT2D eigenvalue weighted by Crippen LogP contribution is -2.51. The first-order chi connectivity index (χ1) is 17.8. The van der Waals surface area contributed by atoms with Crippen molar-refractivity contribution in [1.29, 1.82) is 0 Å². The number of H-pyrrole nitrogens is 1. The first-order valence-corrected chi connectivity index (χ1v) is 12.2. The van der Waals surface area contributed by atoms with Crippen LogP contribution >= 0.6 is 11.6 Å². The molecule has 3 aromatic carbocycles. The lowest BCUT2D eigenvalue weighted by atomic mass is 9.97. The highest BCUT2D eigenvalue weighted by atomic mass is 35.5. The Morgan fingerprint density at radius 3 is 2.27 bits per heavy atom. The molecule has 37 heavy (non-hydrogen) atoms. The number of carbonyl (C=O) groups is 1. The van der Waals surface area contributed by atoms with Gasteiger partial charge in [0.15, 0.2) is 0 Å². The lowest BCUT2D eigenvalue weighted by molar-refractivity contribution is -0.137. The van der Waals surface area contributed by atoms with Gasteiger partial charge in [-0.25, -0.2) is 4.98 Å². The molecule has 0 aliphatic carbocycles. The number of halogens is 4. The van der Waals surface area contributed by atoms with E-state index in [4.69, 9.17) is 11.6 Å². The van der Waals surface area contributed by atoms with Crippen molar-refractivity contribution in [3.05, 3.63) is 107 Å². The Morgan fingerprint density at radius 2 is 1.68 bits per heavy atom. The third-order valence-electron chi connectivity index (χ3n) is 6.62. The summed E-state index contributed by atoms with van der Waals surface area (Å²) in [4.78, 5) is 24.3. The molecule has 5 nitrogen and oxygen atoms in total. The standard InChI is InChI=1S/C28H24ClF3N4O/c29-23-2-1-3-24(15-23)36-13-12-35(17-27(36)37)26(25-16-33-18-34-25)14-19-4-6-20(7-5-19)21-8-10-22(11-9-21)28(30,31)32/h1-11,15-16,18,26H,12-14,17H2,(H,33,34). The number of rotatable bonds is 6. The number of hydrogen-bond acceptors (Lipinski definition) is 3. The molecule has 1 fully saturated rings. The number of nitrogens with one attached hydrogen (secondary N) is 1. The van der Waals surface area contributed by atoms with Gasteiger partial charge >= 0.3 is 6.18 Å². The Kier molecular flexibility index (Phi) is 7.04. The molecular weight excluding hydrogens is 501 g/mol. The van der Waals surface area contributed by atoms with Crippen molar-refractivity contribution in [2.45, 2.75) is 18.6 Å². The molecule has 5 rings (SSSR count). The Morgan fingerprint density at radius 1 is 0.973 bits per heavy atom. The van der Waals surface area contributed by atoms with E-state index in [2.05, 4.69) is 14.9 Å². The van der Waals surface area contributed by atoms with E-state index in [1.165, 1.54) is 12.1 Å². The topological polar surface area (TPSA) is 52.2 Å². The second kappa shape index (κ2) is 10.4. The molecule has 1 N–H and O–H groups in total. The van der Waals surface area contributed by atoms with Crippen LogP contribution in [0, 0.1) is 0 Å². The normalized spacial score (nSPS) is 15.7. The fourth-order valence-electron chi connectivity index (χ4n) is 4.67. The van der Waals surface area contributed by atoms with E-state index in [1.54, 1.807) is 29.6 Å². The number of carbonyl (C=O) groups excluding carboxylic acids is 1. The van der Waals surface area contributed by atoms with Gasteiger partial charge in [0.05, 0.1) is 30.2 Å². The zero-order valence-electron chi connectivity index (χ0n) is 19.8. The fraction of sp³-hybridized carbons (Fsp3) is 0.214. The first kappa shape index (κ1) is 25.0. The van der Waals surface area contributed by atoms with Crippen molar-refractivity contribution < 1.29 is 18.0 Å². The summed E-state index contributed by atoms with van der Waals surface area (Å²) in [6.45, 7) is 1.46. The third-order valence-corrected chi connectivity index (χ3v) is 6.85. The molecular formula is C28H24ClF3N4O. The molecule has 1 unspecified atom stereocenters. The van der Waals surface area contributed by atoms with Crippen molar-refractivity contribution >= 4 is 23.2 Å². The predicted octanol–water partition coefficient (Wildman–Crippen LogP) is 6.38. The number of alkyl halides is 3. The zero-order chi connectivity index (χ0) is 26.0. The minimum absolute atomic E-state index is 0.00400. The van der Waals surface area contributed by atoms with Crippen LogP contribution < -0.4 is 4.90 Å². The summed E-state index contributed by atoms with van der Waals surface area (Å²) in [6, 6.07) is 20.1. The Hall–Kier alpha value is -3.62. The molecule has 2 heterocycles. The van der Waals surface area contributed by atoms with Crippen LogP contribution in [0.15, 0.2) is 85.3 Å². The van der Waals surface area contributed by atoms with Crippen molar-refractivity contribution in [2.24, 2.45) is 0 Å². The van der Waals surface area contributed by atoms with Gasteiger partial charge < -0.3 is 9.88 Å². The molecule has 0 spiro atoms. The highest BCUT2D eigenvalue weighted by Gasteiger charge is 2.32. The summed E-state index contributed by atoms with van der Waals surface area (Å²) in [5.41, 5.74) is 3.62. The maximum absolute atomic E-state index is 13.1. The highest BCUT2D eigenvalue weighted by Crippen LogP contribution is 2.32. The molecule has 190 valence electrons. The molecule has 1 saturated heterocycles. The summed E-state index contributed by atoms with van der Waals surface area (Å²) in [6.07, 6.45) is -0.319. The summed E-state index contributed by atoms with van der Waals surface area (Å²) in [5.74, 6) is -0.00400. The number of aromatic amines is 1. The van der Waals surface area contributed by atoms with E-state index in [9.17, 15) is 18.0 Å². The third kappa shape index (κ3) is 5.70. The highest BCUT2D eigenvalue weighted by molar-refractivity contribution is 6.30. The van der Waals surface area contributed by atoms with Crippen LogP contribution in [0.1, 0.15) is 22.9 Å². The molecule has 1 aliphatic rings. The molecule has 1 amide bonds. The van der Waals surface area contributed by atoms with Gasteiger partial charge in [-0.15, -0.1) is 0 Å². The van der Waals surface area contributed by atoms with Crippen LogP contribution in [-0.2, 0) is 17.4 Å². The second-order valence-corrected chi connectivity index (χ2v) is 9.43. The maximum Gasteiger partial charge on any atom is 0.416 e. The van der Waals surface area contributed by atoms with Gasteiger partial charge in [-0.05, 0) is 53.4 Å².